The van der Waals surface area contributed by atoms with E-state index in [1.165, 1.54) is 55.9 Å². The van der Waals surface area contributed by atoms with Gasteiger partial charge in [0.05, 0.1) is 10.7 Å². The van der Waals surface area contributed by atoms with Gasteiger partial charge in [0.25, 0.3) is 0 Å². The van der Waals surface area contributed by atoms with E-state index in [1.807, 2.05) is 18.4 Å². The Morgan fingerprint density at radius 1 is 1.24 bits per heavy atom. The van der Waals surface area contributed by atoms with Crippen molar-refractivity contribution in [2.45, 2.75) is 46.0 Å². The van der Waals surface area contributed by atoms with Gasteiger partial charge in [0.2, 0.25) is 0 Å². The molecule has 1 atom stereocenters. The fourth-order valence-electron chi connectivity index (χ4n) is 4.11. The second-order valence-corrected chi connectivity index (χ2v) is 8.72. The Balaban J connectivity index is 1.43. The number of nitrogens with one attached hydrogen (secondary N) is 1. The van der Waals surface area contributed by atoms with E-state index in [-0.39, 0.29) is 0 Å². The smallest absolute Gasteiger partial charge is 0.193 e. The number of aliphatic imine (C=N–C) groups is 1. The number of rotatable bonds is 5. The summed E-state index contributed by atoms with van der Waals surface area (Å²) in [6.07, 6.45) is 6.51. The zero-order valence-electron chi connectivity index (χ0n) is 16.1. The molecule has 1 aromatic rings. The Hall–Kier alpha value is -1.14. The van der Waals surface area contributed by atoms with Gasteiger partial charge in [-0.15, -0.1) is 11.3 Å². The van der Waals surface area contributed by atoms with Crippen molar-refractivity contribution in [2.75, 3.05) is 46.3 Å². The van der Waals surface area contributed by atoms with Gasteiger partial charge < -0.3 is 15.1 Å². The van der Waals surface area contributed by atoms with E-state index in [0.29, 0.717) is 0 Å². The lowest BCUT2D eigenvalue weighted by Gasteiger charge is -2.29. The average Bonchev–Trinajstić information content (AvgIpc) is 3.19. The molecule has 3 heterocycles. The Morgan fingerprint density at radius 2 is 2.04 bits per heavy atom. The maximum atomic E-state index is 4.52. The van der Waals surface area contributed by atoms with E-state index in [0.717, 1.165) is 42.9 Å². The first-order valence-corrected chi connectivity index (χ1v) is 10.6. The van der Waals surface area contributed by atoms with Crippen LogP contribution >= 0.6 is 11.3 Å². The molecule has 2 aliphatic heterocycles. The lowest BCUT2D eigenvalue weighted by atomic mass is 10.1. The molecule has 1 unspecified atom stereocenters. The molecule has 1 N–H and O–H groups in total. The number of aryl methyl sites for hydroxylation is 2. The van der Waals surface area contributed by atoms with Crippen molar-refractivity contribution < 1.29 is 0 Å². The molecule has 0 aliphatic carbocycles. The van der Waals surface area contributed by atoms with E-state index in [4.69, 9.17) is 0 Å². The molecule has 0 radical (unpaired) electrons. The number of likely N-dealkylation sites (tertiary alicyclic amines) is 2. The molecular formula is C19H33N5S. The van der Waals surface area contributed by atoms with Gasteiger partial charge in [-0.3, -0.25) is 4.99 Å². The number of thiazole rings is 1. The Kier molecular flexibility index (Phi) is 6.70. The first kappa shape index (κ1) is 18.6. The molecule has 3 rings (SSSR count). The molecule has 0 amide bonds. The van der Waals surface area contributed by atoms with Crippen molar-refractivity contribution in [1.29, 1.82) is 0 Å². The third-order valence-electron chi connectivity index (χ3n) is 5.40. The molecule has 2 saturated heterocycles. The third-order valence-corrected chi connectivity index (χ3v) is 6.53. The maximum Gasteiger partial charge on any atom is 0.193 e. The highest BCUT2D eigenvalue weighted by Gasteiger charge is 2.26. The molecule has 6 heteroatoms. The van der Waals surface area contributed by atoms with E-state index in [2.05, 4.69) is 38.9 Å². The summed E-state index contributed by atoms with van der Waals surface area (Å²) < 4.78 is 0. The highest BCUT2D eigenvalue weighted by molar-refractivity contribution is 7.11. The molecule has 0 saturated carbocycles. The van der Waals surface area contributed by atoms with Crippen LogP contribution in [0.2, 0.25) is 0 Å². The minimum Gasteiger partial charge on any atom is -0.356 e. The molecule has 140 valence electrons. The summed E-state index contributed by atoms with van der Waals surface area (Å²) in [5, 5.41) is 4.73. The van der Waals surface area contributed by atoms with E-state index in [1.54, 1.807) is 0 Å². The predicted molar refractivity (Wildman–Crippen MR) is 107 cm³/mol. The first-order chi connectivity index (χ1) is 12.2. The van der Waals surface area contributed by atoms with Crippen LogP contribution < -0.4 is 5.32 Å². The van der Waals surface area contributed by atoms with Crippen LogP contribution in [0.5, 0.6) is 0 Å². The maximum absolute atomic E-state index is 4.52. The van der Waals surface area contributed by atoms with Gasteiger partial charge in [0.15, 0.2) is 5.96 Å². The minimum atomic E-state index is 0.794. The molecule has 2 aliphatic rings. The fraction of sp³-hybridized carbons (Fsp3) is 0.789. The monoisotopic (exact) mass is 363 g/mol. The number of hydrogen-bond acceptors (Lipinski definition) is 4. The SMILES string of the molecule is CN=C(NCCc1sc(C)nc1C)N1CCC(CN2CCCCC2)C1. The van der Waals surface area contributed by atoms with Crippen molar-refractivity contribution >= 4 is 17.3 Å². The number of piperidine rings is 1. The lowest BCUT2D eigenvalue weighted by Crippen LogP contribution is -2.41. The zero-order valence-corrected chi connectivity index (χ0v) is 16.9. The minimum absolute atomic E-state index is 0.794. The molecule has 1 aromatic heterocycles. The van der Waals surface area contributed by atoms with Crippen molar-refractivity contribution in [1.82, 2.24) is 20.1 Å². The summed E-state index contributed by atoms with van der Waals surface area (Å²) in [5.74, 6) is 1.86. The van der Waals surface area contributed by atoms with Crippen LogP contribution in [0.3, 0.4) is 0 Å². The quantitative estimate of drug-likeness (QED) is 0.645. The molecule has 0 bridgehead atoms. The highest BCUT2D eigenvalue weighted by Crippen LogP contribution is 2.20. The highest BCUT2D eigenvalue weighted by atomic mass is 32.1. The Morgan fingerprint density at radius 3 is 2.72 bits per heavy atom. The standard InChI is InChI=1S/C19H33N5S/c1-15-18(25-16(2)22-15)7-9-21-19(20-3)24-12-8-17(14-24)13-23-10-5-4-6-11-23/h17H,4-14H2,1-3H3,(H,20,21). The molecule has 0 aromatic carbocycles. The van der Waals surface area contributed by atoms with Crippen molar-refractivity contribution in [2.24, 2.45) is 10.9 Å². The van der Waals surface area contributed by atoms with Crippen LogP contribution in [0, 0.1) is 19.8 Å². The second kappa shape index (κ2) is 8.99. The summed E-state index contributed by atoms with van der Waals surface area (Å²) >= 11 is 1.82. The van der Waals surface area contributed by atoms with Crippen LogP contribution in [0.1, 0.15) is 41.3 Å². The van der Waals surface area contributed by atoms with Crippen molar-refractivity contribution in [3.05, 3.63) is 15.6 Å². The summed E-state index contributed by atoms with van der Waals surface area (Å²) in [6, 6.07) is 0. The zero-order chi connectivity index (χ0) is 17.6. The second-order valence-electron chi connectivity index (χ2n) is 7.43. The van der Waals surface area contributed by atoms with E-state index < -0.39 is 0 Å². The van der Waals surface area contributed by atoms with Crippen LogP contribution in [-0.2, 0) is 6.42 Å². The van der Waals surface area contributed by atoms with Crippen LogP contribution in [0.25, 0.3) is 0 Å². The number of aromatic nitrogens is 1. The topological polar surface area (TPSA) is 43.8 Å². The van der Waals surface area contributed by atoms with Gasteiger partial charge in [0.1, 0.15) is 0 Å². The third kappa shape index (κ3) is 5.17. The predicted octanol–water partition coefficient (Wildman–Crippen LogP) is 2.69. The van der Waals surface area contributed by atoms with Gasteiger partial charge >= 0.3 is 0 Å². The molecule has 5 nitrogen and oxygen atoms in total. The summed E-state index contributed by atoms with van der Waals surface area (Å²) in [6.45, 7) is 11.3. The van der Waals surface area contributed by atoms with E-state index >= 15 is 0 Å². The lowest BCUT2D eigenvalue weighted by molar-refractivity contribution is 0.198. The van der Waals surface area contributed by atoms with Gasteiger partial charge in [-0.25, -0.2) is 4.98 Å². The summed E-state index contributed by atoms with van der Waals surface area (Å²) in [4.78, 5) is 15.5. The molecule has 2 fully saturated rings. The molecule has 0 spiro atoms. The van der Waals surface area contributed by atoms with E-state index in [9.17, 15) is 0 Å². The van der Waals surface area contributed by atoms with Gasteiger partial charge in [-0.2, -0.15) is 0 Å². The number of guanidine groups is 1. The van der Waals surface area contributed by atoms with Crippen molar-refractivity contribution in [3.63, 3.8) is 0 Å². The van der Waals surface area contributed by atoms with Crippen molar-refractivity contribution in [3.8, 4) is 0 Å². The fourth-order valence-corrected chi connectivity index (χ4v) is 5.04. The number of nitrogens with zero attached hydrogens (tertiary/aromatic N) is 4. The number of hydrogen-bond donors (Lipinski definition) is 1. The normalized spacial score (nSPS) is 22.6. The first-order valence-electron chi connectivity index (χ1n) is 9.76. The molecule has 25 heavy (non-hydrogen) atoms. The van der Waals surface area contributed by atoms with Crippen LogP contribution in [0.15, 0.2) is 4.99 Å². The summed E-state index contributed by atoms with van der Waals surface area (Å²) in [5.41, 5.74) is 1.18. The van der Waals surface area contributed by atoms with Gasteiger partial charge in [-0.1, -0.05) is 6.42 Å². The van der Waals surface area contributed by atoms with Crippen LogP contribution in [0.4, 0.5) is 0 Å². The molecular weight excluding hydrogens is 330 g/mol. The average molecular weight is 364 g/mol. The Bertz CT molecular complexity index is 576. The van der Waals surface area contributed by atoms with Gasteiger partial charge in [-0.05, 0) is 52.1 Å². The largest absolute Gasteiger partial charge is 0.356 e. The summed E-state index contributed by atoms with van der Waals surface area (Å²) in [7, 11) is 1.91. The van der Waals surface area contributed by atoms with Gasteiger partial charge in [0, 0.05) is 44.5 Å². The van der Waals surface area contributed by atoms with Crippen LogP contribution in [-0.4, -0.2) is 67.1 Å². The Labute approximate surface area is 156 Å².